The largest absolute Gasteiger partial charge is 0.507 e. The van der Waals surface area contributed by atoms with E-state index in [0.717, 1.165) is 25.1 Å². The van der Waals surface area contributed by atoms with Gasteiger partial charge in [-0.2, -0.15) is 0 Å². The van der Waals surface area contributed by atoms with E-state index in [0.29, 0.717) is 0 Å². The molecule has 0 atom stereocenters. The summed E-state index contributed by atoms with van der Waals surface area (Å²) >= 11 is 3.17. The van der Waals surface area contributed by atoms with Gasteiger partial charge in [0, 0.05) is 14.7 Å². The lowest BCUT2D eigenvalue weighted by Crippen LogP contribution is -2.17. The second-order valence-corrected chi connectivity index (χ2v) is 7.10. The van der Waals surface area contributed by atoms with Crippen molar-refractivity contribution in [2.24, 2.45) is 0 Å². The molecule has 19 heavy (non-hydrogen) atoms. The van der Waals surface area contributed by atoms with Crippen LogP contribution in [0.2, 0.25) is 0 Å². The molecule has 4 heteroatoms. The van der Waals surface area contributed by atoms with Gasteiger partial charge in [0.1, 0.15) is 5.75 Å². The summed E-state index contributed by atoms with van der Waals surface area (Å²) in [6.07, 6.45) is 0. The number of hydrogen-bond donors (Lipinski definition) is 2. The highest BCUT2D eigenvalue weighted by Crippen LogP contribution is 2.54. The molecule has 0 spiro atoms. The molecule has 1 aliphatic heterocycles. The summed E-state index contributed by atoms with van der Waals surface area (Å²) in [5.74, 6) is 0.273. The van der Waals surface area contributed by atoms with Crippen molar-refractivity contribution in [3.63, 3.8) is 0 Å². The fourth-order valence-electron chi connectivity index (χ4n) is 2.07. The van der Waals surface area contributed by atoms with E-state index in [2.05, 4.69) is 6.07 Å². The van der Waals surface area contributed by atoms with Crippen molar-refractivity contribution in [2.75, 3.05) is 0 Å². The zero-order chi connectivity index (χ0) is 13.6. The quantitative estimate of drug-likeness (QED) is 0.703. The van der Waals surface area contributed by atoms with Gasteiger partial charge in [-0.15, -0.1) is 0 Å². The summed E-state index contributed by atoms with van der Waals surface area (Å²) in [4.78, 5) is 4.10. The van der Waals surface area contributed by atoms with E-state index in [1.54, 1.807) is 49.5 Å². The predicted octanol–water partition coefficient (Wildman–Crippen LogP) is 4.24. The van der Waals surface area contributed by atoms with Gasteiger partial charge in [-0.1, -0.05) is 41.7 Å². The molecule has 0 saturated heterocycles. The van der Waals surface area contributed by atoms with Gasteiger partial charge in [-0.25, -0.2) is 0 Å². The maximum atomic E-state index is 10.3. The normalized spacial score (nSPS) is 13.8. The molecule has 1 aliphatic rings. The van der Waals surface area contributed by atoms with Crippen molar-refractivity contribution in [3.8, 4) is 5.75 Å². The maximum absolute atomic E-state index is 10.3. The second kappa shape index (κ2) is 4.47. The van der Waals surface area contributed by atoms with Crippen LogP contribution in [0.1, 0.15) is 19.4 Å². The van der Waals surface area contributed by atoms with E-state index < -0.39 is 5.60 Å². The van der Waals surface area contributed by atoms with Crippen LogP contribution in [-0.2, 0) is 5.60 Å². The van der Waals surface area contributed by atoms with E-state index in [1.807, 2.05) is 18.2 Å². The van der Waals surface area contributed by atoms with Gasteiger partial charge in [0.2, 0.25) is 0 Å². The minimum Gasteiger partial charge on any atom is -0.507 e. The van der Waals surface area contributed by atoms with Crippen molar-refractivity contribution >= 4 is 23.5 Å². The fraction of sp³-hybridized carbons (Fsp3) is 0.200. The molecule has 2 nitrogen and oxygen atoms in total. The molecule has 98 valence electrons. The molecule has 2 aromatic rings. The third-order valence-corrected chi connectivity index (χ3v) is 5.68. The Morgan fingerprint density at radius 2 is 1.47 bits per heavy atom. The van der Waals surface area contributed by atoms with Crippen LogP contribution in [0.4, 0.5) is 0 Å². The Morgan fingerprint density at radius 1 is 0.895 bits per heavy atom. The summed E-state index contributed by atoms with van der Waals surface area (Å²) in [7, 11) is 0. The van der Waals surface area contributed by atoms with Crippen LogP contribution < -0.4 is 0 Å². The summed E-state index contributed by atoms with van der Waals surface area (Å²) in [5, 5.41) is 20.3. The van der Waals surface area contributed by atoms with E-state index in [-0.39, 0.29) is 5.75 Å². The molecule has 2 N–H and O–H groups in total. The Bertz CT molecular complexity index is 645. The fourth-order valence-corrected chi connectivity index (χ4v) is 4.64. The van der Waals surface area contributed by atoms with E-state index in [9.17, 15) is 10.2 Å². The smallest absolute Gasteiger partial charge is 0.130 e. The Morgan fingerprint density at radius 3 is 2.05 bits per heavy atom. The highest BCUT2D eigenvalue weighted by Gasteiger charge is 2.28. The molecular weight excluding hydrogens is 276 g/mol. The monoisotopic (exact) mass is 290 g/mol. The zero-order valence-corrected chi connectivity index (χ0v) is 12.3. The van der Waals surface area contributed by atoms with Gasteiger partial charge in [0.25, 0.3) is 0 Å². The molecule has 0 aromatic heterocycles. The van der Waals surface area contributed by atoms with Crippen molar-refractivity contribution < 1.29 is 10.2 Å². The van der Waals surface area contributed by atoms with E-state index in [1.165, 1.54) is 0 Å². The highest BCUT2D eigenvalue weighted by molar-refractivity contribution is 8.05. The Labute approximate surface area is 120 Å². The van der Waals surface area contributed by atoms with Crippen molar-refractivity contribution in [2.45, 2.75) is 39.0 Å². The summed E-state index contributed by atoms with van der Waals surface area (Å²) in [6, 6.07) is 11.6. The van der Waals surface area contributed by atoms with Crippen LogP contribution in [0, 0.1) is 0 Å². The lowest BCUT2D eigenvalue weighted by Gasteiger charge is -2.27. The first-order chi connectivity index (χ1) is 8.97. The molecule has 0 amide bonds. The lowest BCUT2D eigenvalue weighted by atomic mass is 9.98. The molecule has 0 radical (unpaired) electrons. The van der Waals surface area contributed by atoms with Gasteiger partial charge < -0.3 is 10.2 Å². The van der Waals surface area contributed by atoms with Crippen molar-refractivity contribution in [3.05, 3.63) is 42.0 Å². The van der Waals surface area contributed by atoms with Crippen LogP contribution in [0.5, 0.6) is 5.75 Å². The molecule has 2 aromatic carbocycles. The van der Waals surface area contributed by atoms with Crippen LogP contribution in [0.25, 0.3) is 0 Å². The third-order valence-electron chi connectivity index (χ3n) is 3.02. The van der Waals surface area contributed by atoms with E-state index in [4.69, 9.17) is 0 Å². The van der Waals surface area contributed by atoms with E-state index >= 15 is 0 Å². The minimum absolute atomic E-state index is 0.273. The summed E-state index contributed by atoms with van der Waals surface area (Å²) < 4.78 is 0. The molecule has 1 heterocycles. The second-order valence-electron chi connectivity index (χ2n) is 5.00. The number of rotatable bonds is 1. The topological polar surface area (TPSA) is 40.5 Å². The highest BCUT2D eigenvalue weighted by atomic mass is 32.2. The van der Waals surface area contributed by atoms with Gasteiger partial charge in [0.05, 0.1) is 10.5 Å². The minimum atomic E-state index is -0.919. The predicted molar refractivity (Wildman–Crippen MR) is 78.0 cm³/mol. The average molecular weight is 290 g/mol. The Kier molecular flexibility index (Phi) is 3.04. The number of fused-ring (bicyclic) bond motifs is 2. The van der Waals surface area contributed by atoms with Gasteiger partial charge >= 0.3 is 0 Å². The summed E-state index contributed by atoms with van der Waals surface area (Å²) in [5.41, 5.74) is -0.0650. The molecule has 0 fully saturated rings. The van der Waals surface area contributed by atoms with Crippen molar-refractivity contribution in [1.82, 2.24) is 0 Å². The maximum Gasteiger partial charge on any atom is 0.130 e. The third kappa shape index (κ3) is 2.24. The molecule has 0 unspecified atom stereocenters. The van der Waals surface area contributed by atoms with Gasteiger partial charge in [-0.3, -0.25) is 0 Å². The number of aliphatic hydroxyl groups is 1. The number of hydrogen-bond acceptors (Lipinski definition) is 4. The van der Waals surface area contributed by atoms with Crippen LogP contribution in [0.15, 0.2) is 56.0 Å². The summed E-state index contributed by atoms with van der Waals surface area (Å²) in [6.45, 7) is 3.54. The first-order valence-corrected chi connectivity index (χ1v) is 7.63. The number of phenols is 1. The van der Waals surface area contributed by atoms with Gasteiger partial charge in [-0.05, 0) is 37.6 Å². The SMILES string of the molecule is CC(C)(O)c1ccc(O)c2c1Sc1ccccc1S2. The number of aromatic hydroxyl groups is 1. The Hall–Kier alpha value is -1.10. The molecular formula is C15H14O2S2. The molecule has 3 rings (SSSR count). The molecule has 0 saturated carbocycles. The van der Waals surface area contributed by atoms with Gasteiger partial charge in [0.15, 0.2) is 0 Å². The number of phenolic OH excluding ortho intramolecular Hbond substituents is 1. The first kappa shape index (κ1) is 12.9. The van der Waals surface area contributed by atoms with Crippen LogP contribution in [-0.4, -0.2) is 10.2 Å². The standard InChI is InChI=1S/C15H14O2S2/c1-15(2,17)9-7-8-10(16)14-13(9)18-11-5-3-4-6-12(11)19-14/h3-8,16-17H,1-2H3. The average Bonchev–Trinajstić information content (AvgIpc) is 2.36. The first-order valence-electron chi connectivity index (χ1n) is 6.00. The van der Waals surface area contributed by atoms with Crippen LogP contribution >= 0.6 is 23.5 Å². The Balaban J connectivity index is 2.19. The van der Waals surface area contributed by atoms with Crippen LogP contribution in [0.3, 0.4) is 0 Å². The number of benzene rings is 2. The molecule has 0 bridgehead atoms. The van der Waals surface area contributed by atoms with Crippen molar-refractivity contribution in [1.29, 1.82) is 0 Å². The zero-order valence-electron chi connectivity index (χ0n) is 10.7. The lowest BCUT2D eigenvalue weighted by molar-refractivity contribution is 0.0752. The molecule has 0 aliphatic carbocycles.